The molecular weight excluding hydrogens is 312 g/mol. The van der Waals surface area contributed by atoms with Crippen LogP contribution in [-0.2, 0) is 20.1 Å². The van der Waals surface area contributed by atoms with Gasteiger partial charge in [-0.3, -0.25) is 4.79 Å². The number of hydrogen-bond acceptors (Lipinski definition) is 4. The molecular formula is C16H16N4O2S. The third-order valence-corrected chi connectivity index (χ3v) is 4.33. The summed E-state index contributed by atoms with van der Waals surface area (Å²) in [5, 5.41) is 13.1. The van der Waals surface area contributed by atoms with E-state index in [4.69, 9.17) is 0 Å². The number of thiophene rings is 1. The van der Waals surface area contributed by atoms with Crippen molar-refractivity contribution in [2.24, 2.45) is 7.05 Å². The van der Waals surface area contributed by atoms with Gasteiger partial charge < -0.3 is 10.6 Å². The number of rotatable bonds is 4. The fourth-order valence-electron chi connectivity index (χ4n) is 2.31. The second kappa shape index (κ2) is 6.62. The maximum atomic E-state index is 12.1. The van der Waals surface area contributed by atoms with Crippen LogP contribution in [0, 0.1) is 0 Å². The average molecular weight is 328 g/mol. The molecule has 3 aromatic rings. The lowest BCUT2D eigenvalue weighted by atomic mass is 10.1. The molecule has 7 heteroatoms. The van der Waals surface area contributed by atoms with Gasteiger partial charge in [0.15, 0.2) is 0 Å². The molecule has 0 unspecified atom stereocenters. The summed E-state index contributed by atoms with van der Waals surface area (Å²) < 4.78 is 1.29. The van der Waals surface area contributed by atoms with E-state index < -0.39 is 0 Å². The first kappa shape index (κ1) is 15.2. The highest BCUT2D eigenvalue weighted by atomic mass is 32.1. The molecule has 2 amide bonds. The molecule has 0 spiro atoms. The molecule has 0 aliphatic carbocycles. The number of carbonyl (C=O) groups excluding carboxylic acids is 1. The molecule has 2 heterocycles. The van der Waals surface area contributed by atoms with Gasteiger partial charge in [-0.15, -0.1) is 11.3 Å². The van der Waals surface area contributed by atoms with Gasteiger partial charge in [0.1, 0.15) is 0 Å². The van der Waals surface area contributed by atoms with Crippen LogP contribution in [0.15, 0.2) is 46.6 Å². The molecule has 3 rings (SSSR count). The Balaban J connectivity index is 1.71. The number of benzene rings is 1. The Labute approximate surface area is 136 Å². The maximum absolute atomic E-state index is 12.1. The van der Waals surface area contributed by atoms with Crippen LogP contribution in [0.25, 0.3) is 10.8 Å². The molecule has 0 bridgehead atoms. The third kappa shape index (κ3) is 3.40. The highest BCUT2D eigenvalue weighted by Crippen LogP contribution is 2.12. The molecule has 6 nitrogen and oxygen atoms in total. The van der Waals surface area contributed by atoms with Crippen molar-refractivity contribution in [3.8, 4) is 0 Å². The van der Waals surface area contributed by atoms with Gasteiger partial charge in [-0.2, -0.15) is 5.10 Å². The first-order chi connectivity index (χ1) is 11.1. The van der Waals surface area contributed by atoms with Gasteiger partial charge in [-0.25, -0.2) is 9.48 Å². The Morgan fingerprint density at radius 1 is 1.13 bits per heavy atom. The zero-order chi connectivity index (χ0) is 16.2. The molecule has 0 aliphatic heterocycles. The maximum Gasteiger partial charge on any atom is 0.315 e. The number of aromatic nitrogens is 2. The monoisotopic (exact) mass is 328 g/mol. The van der Waals surface area contributed by atoms with E-state index in [0.29, 0.717) is 17.6 Å². The molecule has 0 atom stereocenters. The molecule has 0 saturated carbocycles. The van der Waals surface area contributed by atoms with E-state index in [1.54, 1.807) is 24.5 Å². The van der Waals surface area contributed by atoms with Crippen LogP contribution in [0.4, 0.5) is 4.79 Å². The number of urea groups is 1. The topological polar surface area (TPSA) is 76.0 Å². The van der Waals surface area contributed by atoms with Crippen molar-refractivity contribution in [2.45, 2.75) is 13.1 Å². The van der Waals surface area contributed by atoms with Gasteiger partial charge in [0.25, 0.3) is 5.56 Å². The first-order valence-corrected chi connectivity index (χ1v) is 8.02. The molecule has 2 aromatic heterocycles. The van der Waals surface area contributed by atoms with Gasteiger partial charge in [0.05, 0.1) is 24.2 Å². The van der Waals surface area contributed by atoms with E-state index >= 15 is 0 Å². The summed E-state index contributed by atoms with van der Waals surface area (Å²) in [5.41, 5.74) is 0.514. The largest absolute Gasteiger partial charge is 0.333 e. The minimum atomic E-state index is -0.266. The van der Waals surface area contributed by atoms with Crippen molar-refractivity contribution in [2.75, 3.05) is 0 Å². The van der Waals surface area contributed by atoms with Gasteiger partial charge in [0, 0.05) is 17.3 Å². The van der Waals surface area contributed by atoms with Crippen LogP contribution in [0.1, 0.15) is 10.6 Å². The van der Waals surface area contributed by atoms with Gasteiger partial charge >= 0.3 is 6.03 Å². The molecule has 0 radical (unpaired) electrons. The van der Waals surface area contributed by atoms with Crippen molar-refractivity contribution in [1.82, 2.24) is 20.4 Å². The minimum Gasteiger partial charge on any atom is -0.333 e. The van der Waals surface area contributed by atoms with Crippen LogP contribution in [0.5, 0.6) is 0 Å². The van der Waals surface area contributed by atoms with Crippen molar-refractivity contribution >= 4 is 28.1 Å². The summed E-state index contributed by atoms with van der Waals surface area (Å²) in [6.45, 7) is 0.746. The van der Waals surface area contributed by atoms with Crippen molar-refractivity contribution < 1.29 is 4.79 Å². The number of nitrogens with zero attached hydrogens (tertiary/aromatic N) is 2. The van der Waals surface area contributed by atoms with E-state index in [0.717, 1.165) is 10.3 Å². The fourth-order valence-corrected chi connectivity index (χ4v) is 2.96. The Kier molecular flexibility index (Phi) is 4.38. The van der Waals surface area contributed by atoms with Crippen LogP contribution >= 0.6 is 11.3 Å². The number of nitrogens with one attached hydrogen (secondary N) is 2. The second-order valence-corrected chi connectivity index (χ2v) is 6.07. The molecule has 23 heavy (non-hydrogen) atoms. The summed E-state index contributed by atoms with van der Waals surface area (Å²) in [5.74, 6) is 0. The van der Waals surface area contributed by atoms with Crippen molar-refractivity contribution in [1.29, 1.82) is 0 Å². The smallest absolute Gasteiger partial charge is 0.315 e. The fraction of sp³-hybridized carbons (Fsp3) is 0.188. The lowest BCUT2D eigenvalue weighted by molar-refractivity contribution is 0.240. The highest BCUT2D eigenvalue weighted by molar-refractivity contribution is 7.09. The van der Waals surface area contributed by atoms with Gasteiger partial charge in [-0.1, -0.05) is 24.3 Å². The number of amides is 2. The van der Waals surface area contributed by atoms with E-state index in [-0.39, 0.29) is 18.1 Å². The highest BCUT2D eigenvalue weighted by Gasteiger charge is 2.09. The predicted molar refractivity (Wildman–Crippen MR) is 90.4 cm³/mol. The predicted octanol–water partition coefficient (Wildman–Crippen LogP) is 1.99. The van der Waals surface area contributed by atoms with Crippen LogP contribution < -0.4 is 16.2 Å². The lowest BCUT2D eigenvalue weighted by Crippen LogP contribution is -2.35. The number of hydrogen-bond donors (Lipinski definition) is 2. The van der Waals surface area contributed by atoms with E-state index in [9.17, 15) is 9.59 Å². The second-order valence-electron chi connectivity index (χ2n) is 5.04. The average Bonchev–Trinajstić information content (AvgIpc) is 3.08. The number of carbonyl (C=O) groups is 1. The summed E-state index contributed by atoms with van der Waals surface area (Å²) in [6, 6.07) is 10.9. The van der Waals surface area contributed by atoms with E-state index in [1.807, 2.05) is 35.7 Å². The Hall–Kier alpha value is -2.67. The van der Waals surface area contributed by atoms with Crippen LogP contribution in [0.3, 0.4) is 0 Å². The molecule has 0 aliphatic rings. The van der Waals surface area contributed by atoms with Crippen LogP contribution in [-0.4, -0.2) is 15.8 Å². The Bertz CT molecular complexity index is 887. The van der Waals surface area contributed by atoms with E-state index in [1.165, 1.54) is 4.68 Å². The summed E-state index contributed by atoms with van der Waals surface area (Å²) in [6.07, 6.45) is 0. The zero-order valence-corrected chi connectivity index (χ0v) is 13.4. The molecule has 1 aromatic carbocycles. The van der Waals surface area contributed by atoms with Gasteiger partial charge in [0.2, 0.25) is 0 Å². The standard InChI is InChI=1S/C16H16N4O2S/c1-20-15(21)13-7-3-2-6-12(13)14(19-20)10-18-16(22)17-9-11-5-4-8-23-11/h2-8H,9-10H2,1H3,(H2,17,18,22). The Morgan fingerprint density at radius 2 is 1.87 bits per heavy atom. The molecule has 0 saturated heterocycles. The number of aryl methyl sites for hydroxylation is 1. The summed E-state index contributed by atoms with van der Waals surface area (Å²) >= 11 is 1.59. The third-order valence-electron chi connectivity index (χ3n) is 3.45. The van der Waals surface area contributed by atoms with Crippen molar-refractivity contribution in [3.63, 3.8) is 0 Å². The normalized spacial score (nSPS) is 10.7. The molecule has 0 fully saturated rings. The minimum absolute atomic E-state index is 0.147. The quantitative estimate of drug-likeness (QED) is 0.769. The first-order valence-electron chi connectivity index (χ1n) is 7.14. The van der Waals surface area contributed by atoms with Gasteiger partial charge in [-0.05, 0) is 17.5 Å². The summed E-state index contributed by atoms with van der Waals surface area (Å²) in [7, 11) is 1.61. The van der Waals surface area contributed by atoms with Crippen molar-refractivity contribution in [3.05, 3.63) is 62.7 Å². The van der Waals surface area contributed by atoms with E-state index in [2.05, 4.69) is 15.7 Å². The molecule has 118 valence electrons. The number of fused-ring (bicyclic) bond motifs is 1. The Morgan fingerprint density at radius 3 is 2.61 bits per heavy atom. The zero-order valence-electron chi connectivity index (χ0n) is 12.6. The SMILES string of the molecule is Cn1nc(CNC(=O)NCc2cccs2)c2ccccc2c1=O. The molecule has 2 N–H and O–H groups in total. The summed E-state index contributed by atoms with van der Waals surface area (Å²) in [4.78, 5) is 25.0. The van der Waals surface area contributed by atoms with Crippen LogP contribution in [0.2, 0.25) is 0 Å². The lowest BCUT2D eigenvalue weighted by Gasteiger charge is -2.10.